The Morgan fingerprint density at radius 1 is 0.837 bits per heavy atom. The minimum atomic E-state index is -3.52. The maximum Gasteiger partial charge on any atom is 0.340 e. The number of phenols is 3. The SMILES string of the molecule is O=C(O[C@H]1O[C@H](C(=O)O)C(O)(O)[C@H](O)[C@H]1O)[C@H]1O[C@H](Oc2cc(O)c3c(=O)cc(-c4cc(O)c(O)c(CCO)c4)oc3c2)[C@H](O)[C@@H](O)[C@@H]1O. The smallest absolute Gasteiger partial charge is 0.340 e. The van der Waals surface area contributed by atoms with Crippen molar-refractivity contribution in [1.29, 1.82) is 0 Å². The summed E-state index contributed by atoms with van der Waals surface area (Å²) in [5, 5.41) is 120. The Balaban J connectivity index is 1.41. The predicted molar refractivity (Wildman–Crippen MR) is 153 cm³/mol. The molecular formula is C29H30O20. The lowest BCUT2D eigenvalue weighted by molar-refractivity contribution is -0.372. The second kappa shape index (κ2) is 13.4. The molecule has 0 saturated carbocycles. The lowest BCUT2D eigenvalue weighted by atomic mass is 9.95. The Morgan fingerprint density at radius 3 is 2.18 bits per heavy atom. The predicted octanol–water partition coefficient (Wildman–Crippen LogP) is -3.95. The quantitative estimate of drug-likeness (QED) is 0.0606. The van der Waals surface area contributed by atoms with Gasteiger partial charge in [0.2, 0.25) is 24.5 Å². The number of ether oxygens (including phenoxy) is 4. The number of fused-ring (bicyclic) bond motifs is 1. The van der Waals surface area contributed by atoms with Gasteiger partial charge in [-0.05, 0) is 18.6 Å². The average Bonchev–Trinajstić information content (AvgIpc) is 3.03. The molecule has 5 rings (SSSR count). The molecule has 20 nitrogen and oxygen atoms in total. The monoisotopic (exact) mass is 698 g/mol. The van der Waals surface area contributed by atoms with E-state index in [1.807, 2.05) is 0 Å². The number of benzene rings is 2. The van der Waals surface area contributed by atoms with E-state index in [0.717, 1.165) is 24.3 Å². The first-order valence-electron chi connectivity index (χ1n) is 14.2. The van der Waals surface area contributed by atoms with Crippen molar-refractivity contribution in [2.45, 2.75) is 67.5 Å². The van der Waals surface area contributed by atoms with Crippen molar-refractivity contribution in [1.82, 2.24) is 0 Å². The Bertz CT molecular complexity index is 1800. The van der Waals surface area contributed by atoms with Gasteiger partial charge >= 0.3 is 11.9 Å². The molecule has 0 spiro atoms. The standard InChI is InChI=1S/C29H30O20/c30-2-1-8-3-9(4-13(33)17(8)34)14-7-12(32)16-11(31)5-10(6-15(16)46-14)45-27-20(37)18(35)19(36)22(47-27)26(42)49-28-21(38)23(39)29(43,44)24(48-28)25(40)41/h3-7,18-24,27-28,30-31,33-39,43-44H,1-2H2,(H,40,41)/t18-,19-,20+,21+,22-,23+,24+,27-,28+/m0/s1. The van der Waals surface area contributed by atoms with Crippen LogP contribution in [0.1, 0.15) is 5.56 Å². The molecule has 2 aliphatic rings. The minimum absolute atomic E-state index is 0.0618. The van der Waals surface area contributed by atoms with E-state index < -0.39 is 101 Å². The second-order valence-corrected chi connectivity index (χ2v) is 11.2. The third kappa shape index (κ3) is 6.57. The molecule has 2 fully saturated rings. The first kappa shape index (κ1) is 35.7. The highest BCUT2D eigenvalue weighted by Gasteiger charge is 2.59. The molecule has 0 bridgehead atoms. The molecule has 20 heteroatoms. The van der Waals surface area contributed by atoms with Crippen LogP contribution in [-0.4, -0.2) is 141 Å². The zero-order chi connectivity index (χ0) is 36.1. The summed E-state index contributed by atoms with van der Waals surface area (Å²) >= 11 is 0. The van der Waals surface area contributed by atoms with E-state index in [1.165, 1.54) is 6.07 Å². The molecule has 2 aliphatic heterocycles. The summed E-state index contributed by atoms with van der Waals surface area (Å²) < 4.78 is 26.0. The summed E-state index contributed by atoms with van der Waals surface area (Å²) in [5.74, 6) is -9.59. The number of aliphatic carboxylic acids is 1. The van der Waals surface area contributed by atoms with Gasteiger partial charge in [0.15, 0.2) is 23.0 Å². The van der Waals surface area contributed by atoms with Crippen LogP contribution < -0.4 is 10.2 Å². The van der Waals surface area contributed by atoms with Crippen LogP contribution >= 0.6 is 0 Å². The number of hydrogen-bond acceptors (Lipinski definition) is 19. The van der Waals surface area contributed by atoms with E-state index in [1.54, 1.807) is 0 Å². The summed E-state index contributed by atoms with van der Waals surface area (Å²) in [6.45, 7) is -0.384. The normalized spacial score (nSPS) is 29.8. The first-order chi connectivity index (χ1) is 23.0. The molecule has 3 heterocycles. The zero-order valence-corrected chi connectivity index (χ0v) is 24.6. The summed E-state index contributed by atoms with van der Waals surface area (Å²) in [5.41, 5.74) is -0.885. The molecule has 266 valence electrons. The lowest BCUT2D eigenvalue weighted by Crippen LogP contribution is -2.69. The maximum absolute atomic E-state index is 12.9. The number of carbonyl (C=O) groups excluding carboxylic acids is 1. The van der Waals surface area contributed by atoms with Crippen molar-refractivity contribution >= 4 is 22.9 Å². The van der Waals surface area contributed by atoms with Crippen LogP contribution in [0.5, 0.6) is 23.0 Å². The van der Waals surface area contributed by atoms with E-state index in [9.17, 15) is 75.7 Å². The topological polar surface area (TPSA) is 344 Å². The molecule has 0 amide bonds. The largest absolute Gasteiger partial charge is 0.507 e. The van der Waals surface area contributed by atoms with Crippen molar-refractivity contribution in [3.63, 3.8) is 0 Å². The van der Waals surface area contributed by atoms with E-state index in [0.29, 0.717) is 0 Å². The molecular weight excluding hydrogens is 668 g/mol. The van der Waals surface area contributed by atoms with Crippen molar-refractivity contribution in [2.24, 2.45) is 0 Å². The number of phenolic OH excluding ortho intramolecular Hbond substituents is 3. The Kier molecular flexibility index (Phi) is 9.73. The fourth-order valence-electron chi connectivity index (χ4n) is 5.25. The highest BCUT2D eigenvalue weighted by molar-refractivity contribution is 5.86. The van der Waals surface area contributed by atoms with Gasteiger partial charge < -0.3 is 84.6 Å². The molecule has 0 unspecified atom stereocenters. The molecule has 0 aliphatic carbocycles. The highest BCUT2D eigenvalue weighted by Crippen LogP contribution is 2.38. The molecule has 49 heavy (non-hydrogen) atoms. The van der Waals surface area contributed by atoms with Gasteiger partial charge in [0.25, 0.3) is 0 Å². The van der Waals surface area contributed by atoms with E-state index in [4.69, 9.17) is 23.4 Å². The van der Waals surface area contributed by atoms with Gasteiger partial charge in [0.1, 0.15) is 58.7 Å². The van der Waals surface area contributed by atoms with Crippen LogP contribution in [0.4, 0.5) is 0 Å². The maximum atomic E-state index is 12.9. The highest BCUT2D eigenvalue weighted by atomic mass is 16.8. The van der Waals surface area contributed by atoms with Crippen molar-refractivity contribution in [3.8, 4) is 34.3 Å². The molecule has 12 N–H and O–H groups in total. The molecule has 2 aromatic carbocycles. The van der Waals surface area contributed by atoms with Crippen molar-refractivity contribution in [3.05, 3.63) is 46.1 Å². The fraction of sp³-hybridized carbons (Fsp3) is 0.414. The van der Waals surface area contributed by atoms with E-state index in [2.05, 4.69) is 0 Å². The number of carbonyl (C=O) groups is 2. The molecule has 0 radical (unpaired) electrons. The fourth-order valence-corrected chi connectivity index (χ4v) is 5.25. The molecule has 9 atom stereocenters. The van der Waals surface area contributed by atoms with Gasteiger partial charge in [0, 0.05) is 35.9 Å². The van der Waals surface area contributed by atoms with Crippen molar-refractivity contribution in [2.75, 3.05) is 6.61 Å². The summed E-state index contributed by atoms with van der Waals surface area (Å²) in [6.07, 6.45) is -21.0. The second-order valence-electron chi connectivity index (χ2n) is 11.2. The summed E-state index contributed by atoms with van der Waals surface area (Å²) in [7, 11) is 0. The van der Waals surface area contributed by atoms with Crippen LogP contribution in [0.15, 0.2) is 39.5 Å². The third-order valence-corrected chi connectivity index (χ3v) is 7.82. The average molecular weight is 699 g/mol. The number of aliphatic hydroxyl groups excluding tert-OH is 6. The number of hydrogen-bond donors (Lipinski definition) is 12. The van der Waals surface area contributed by atoms with Crippen LogP contribution in [0, 0.1) is 0 Å². The number of rotatable bonds is 8. The molecule has 3 aromatic rings. The van der Waals surface area contributed by atoms with E-state index in [-0.39, 0.29) is 40.9 Å². The number of carboxylic acid groups (broad SMARTS) is 1. The summed E-state index contributed by atoms with van der Waals surface area (Å²) in [4.78, 5) is 37.2. The third-order valence-electron chi connectivity index (χ3n) is 7.82. The summed E-state index contributed by atoms with van der Waals surface area (Å²) in [6, 6.07) is 5.29. The van der Waals surface area contributed by atoms with Gasteiger partial charge in [0.05, 0.1) is 0 Å². The molecule has 2 saturated heterocycles. The van der Waals surface area contributed by atoms with Gasteiger partial charge in [-0.1, -0.05) is 0 Å². The van der Waals surface area contributed by atoms with Crippen LogP contribution in [0.25, 0.3) is 22.3 Å². The number of esters is 1. The van der Waals surface area contributed by atoms with Crippen LogP contribution in [0.3, 0.4) is 0 Å². The van der Waals surface area contributed by atoms with Crippen LogP contribution in [0.2, 0.25) is 0 Å². The lowest BCUT2D eigenvalue weighted by Gasteiger charge is -2.43. The Labute approximate surface area is 272 Å². The first-order valence-corrected chi connectivity index (χ1v) is 14.2. The van der Waals surface area contributed by atoms with Gasteiger partial charge in [-0.25, -0.2) is 9.59 Å². The van der Waals surface area contributed by atoms with Gasteiger partial charge in [-0.3, -0.25) is 4.79 Å². The molecule has 1 aromatic heterocycles. The van der Waals surface area contributed by atoms with Crippen LogP contribution in [-0.2, 0) is 30.2 Å². The number of carboxylic acids is 1. The van der Waals surface area contributed by atoms with Gasteiger partial charge in [-0.15, -0.1) is 0 Å². The van der Waals surface area contributed by atoms with Gasteiger partial charge in [-0.2, -0.15) is 0 Å². The Morgan fingerprint density at radius 2 is 1.53 bits per heavy atom. The van der Waals surface area contributed by atoms with E-state index >= 15 is 0 Å². The number of aliphatic hydroxyl groups is 8. The Hall–Kier alpha value is -4.61. The number of aromatic hydroxyl groups is 3. The zero-order valence-electron chi connectivity index (χ0n) is 24.6. The van der Waals surface area contributed by atoms with Crippen molar-refractivity contribution < 1.29 is 94.2 Å². The minimum Gasteiger partial charge on any atom is -0.507 e.